The molecule has 0 aromatic heterocycles. The second kappa shape index (κ2) is 21.3. The molecule has 1 N–H and O–H groups in total. The van der Waals surface area contributed by atoms with Gasteiger partial charge in [-0.05, 0) is 6.42 Å². The summed E-state index contributed by atoms with van der Waals surface area (Å²) in [5.41, 5.74) is 0. The molecule has 0 saturated heterocycles. The van der Waals surface area contributed by atoms with Crippen LogP contribution in [-0.2, 0) is 9.53 Å². The molecule has 0 aromatic carbocycles. The second-order valence-electron chi connectivity index (χ2n) is 3.57. The molecule has 0 radical (unpaired) electrons. The van der Waals surface area contributed by atoms with Crippen LogP contribution in [0, 0.1) is 6.92 Å². The van der Waals surface area contributed by atoms with E-state index in [9.17, 15) is 4.79 Å². The van der Waals surface area contributed by atoms with E-state index in [-0.39, 0.29) is 25.5 Å². The van der Waals surface area contributed by atoms with Gasteiger partial charge >= 0.3 is 24.8 Å². The second-order valence-corrected chi connectivity index (χ2v) is 3.57. The maximum absolute atomic E-state index is 10.1. The summed E-state index contributed by atoms with van der Waals surface area (Å²) in [6, 6.07) is 0. The molecule has 0 fully saturated rings. The Bertz CT molecular complexity index is 141. The third-order valence-corrected chi connectivity index (χ3v) is 2.12. The maximum atomic E-state index is 10.1. The molecule has 0 atom stereocenters. The molecule has 17 heavy (non-hydrogen) atoms. The molecule has 3 nitrogen and oxygen atoms in total. The first-order valence-electron chi connectivity index (χ1n) is 6.27. The van der Waals surface area contributed by atoms with Crippen LogP contribution in [-0.4, -0.2) is 24.3 Å². The molecule has 0 aliphatic rings. The van der Waals surface area contributed by atoms with E-state index in [1.807, 2.05) is 0 Å². The van der Waals surface area contributed by atoms with Crippen LogP contribution in [0.3, 0.4) is 0 Å². The van der Waals surface area contributed by atoms with Gasteiger partial charge in [-0.3, -0.25) is 0 Å². The van der Waals surface area contributed by atoms with E-state index in [4.69, 9.17) is 9.84 Å². The van der Waals surface area contributed by atoms with Crippen LogP contribution in [0.5, 0.6) is 0 Å². The third-order valence-electron chi connectivity index (χ3n) is 2.12. The van der Waals surface area contributed by atoms with Crippen molar-refractivity contribution in [3.63, 3.8) is 0 Å². The molecular formula is C13H27LiO3. The summed E-state index contributed by atoms with van der Waals surface area (Å²) in [7, 11) is 0. The fourth-order valence-corrected chi connectivity index (χ4v) is 1.32. The van der Waals surface area contributed by atoms with Gasteiger partial charge < -0.3 is 16.8 Å². The van der Waals surface area contributed by atoms with Crippen LogP contribution in [0.1, 0.15) is 58.8 Å². The number of carboxylic acids is 1. The molecule has 0 bridgehead atoms. The van der Waals surface area contributed by atoms with Crippen molar-refractivity contribution in [2.45, 2.75) is 58.8 Å². The van der Waals surface area contributed by atoms with E-state index < -0.39 is 5.97 Å². The van der Waals surface area contributed by atoms with Crippen LogP contribution in [0.4, 0.5) is 0 Å². The van der Waals surface area contributed by atoms with Gasteiger partial charge in [0.25, 0.3) is 0 Å². The minimum absolute atomic E-state index is 0. The Balaban J connectivity index is -0.000000616. The predicted octanol–water partition coefficient (Wildman–Crippen LogP) is 0.683. The fraction of sp³-hybridized carbons (Fsp3) is 0.846. The molecule has 0 unspecified atom stereocenters. The van der Waals surface area contributed by atoms with E-state index in [1.165, 1.54) is 32.1 Å². The number of hydrogen-bond donors (Lipinski definition) is 1. The van der Waals surface area contributed by atoms with Crippen LogP contribution >= 0.6 is 0 Å². The SMILES string of the molecule is CCCCCCCCCOCC(=O)O.[CH2-]C.[Li+]. The first kappa shape index (κ1) is 22.2. The summed E-state index contributed by atoms with van der Waals surface area (Å²) in [6.07, 6.45) is 8.62. The maximum Gasteiger partial charge on any atom is 1.00 e. The number of aliphatic carboxylic acids is 1. The summed E-state index contributed by atoms with van der Waals surface area (Å²) in [5, 5.41) is 8.29. The van der Waals surface area contributed by atoms with Gasteiger partial charge in [0.15, 0.2) is 0 Å². The first-order valence-corrected chi connectivity index (χ1v) is 6.27. The molecule has 0 aliphatic heterocycles. The van der Waals surface area contributed by atoms with Gasteiger partial charge in [0.05, 0.1) is 0 Å². The quantitative estimate of drug-likeness (QED) is 0.346. The largest absolute Gasteiger partial charge is 1.00 e. The summed E-state index contributed by atoms with van der Waals surface area (Å²) in [4.78, 5) is 10.1. The molecule has 4 heteroatoms. The Morgan fingerprint density at radius 1 is 1.06 bits per heavy atom. The minimum atomic E-state index is -0.882. The van der Waals surface area contributed by atoms with E-state index in [0.717, 1.165) is 12.8 Å². The molecule has 0 aromatic rings. The topological polar surface area (TPSA) is 46.5 Å². The molecular weight excluding hydrogens is 211 g/mol. The van der Waals surface area contributed by atoms with Gasteiger partial charge in [-0.2, -0.15) is 6.92 Å². The van der Waals surface area contributed by atoms with Crippen LogP contribution < -0.4 is 18.9 Å². The van der Waals surface area contributed by atoms with Gasteiger partial charge in [-0.15, -0.1) is 0 Å². The van der Waals surface area contributed by atoms with Crippen LogP contribution in [0.25, 0.3) is 0 Å². The van der Waals surface area contributed by atoms with E-state index in [1.54, 1.807) is 6.92 Å². The average Bonchev–Trinajstić information content (AvgIpc) is 2.29. The molecule has 0 rings (SSSR count). The fourth-order valence-electron chi connectivity index (χ4n) is 1.32. The Morgan fingerprint density at radius 3 is 2.00 bits per heavy atom. The molecule has 0 spiro atoms. The molecule has 0 aliphatic carbocycles. The zero-order chi connectivity index (χ0) is 12.6. The normalized spacial score (nSPS) is 8.88. The summed E-state index contributed by atoms with van der Waals surface area (Å²) in [6.45, 7) is 7.63. The number of unbranched alkanes of at least 4 members (excludes halogenated alkanes) is 6. The molecule has 0 amide bonds. The van der Waals surface area contributed by atoms with Crippen molar-refractivity contribution in [3.05, 3.63) is 6.92 Å². The van der Waals surface area contributed by atoms with Crippen LogP contribution in [0.2, 0.25) is 0 Å². The number of ether oxygens (including phenoxy) is 1. The molecule has 0 saturated carbocycles. The Labute approximate surface area is 118 Å². The van der Waals surface area contributed by atoms with Crippen molar-refractivity contribution < 1.29 is 33.5 Å². The Hall–Kier alpha value is 0.0274. The summed E-state index contributed by atoms with van der Waals surface area (Å²) in [5.74, 6) is -0.882. The van der Waals surface area contributed by atoms with Crippen molar-refractivity contribution in [1.82, 2.24) is 0 Å². The van der Waals surface area contributed by atoms with Crippen molar-refractivity contribution in [3.8, 4) is 0 Å². The van der Waals surface area contributed by atoms with E-state index in [0.29, 0.717) is 6.61 Å². The predicted molar refractivity (Wildman–Crippen MR) is 67.5 cm³/mol. The van der Waals surface area contributed by atoms with Crippen molar-refractivity contribution in [1.29, 1.82) is 0 Å². The number of rotatable bonds is 10. The monoisotopic (exact) mass is 238 g/mol. The molecule has 98 valence electrons. The number of carboxylic acid groups (broad SMARTS) is 1. The van der Waals surface area contributed by atoms with Gasteiger partial charge in [-0.1, -0.05) is 45.4 Å². The van der Waals surface area contributed by atoms with Gasteiger partial charge in [0, 0.05) is 6.61 Å². The number of carbonyl (C=O) groups is 1. The zero-order valence-electron chi connectivity index (χ0n) is 11.8. The van der Waals surface area contributed by atoms with Gasteiger partial charge in [0.2, 0.25) is 0 Å². The smallest absolute Gasteiger partial charge is 0.480 e. The third kappa shape index (κ3) is 25.9. The number of hydrogen-bond acceptors (Lipinski definition) is 2. The zero-order valence-corrected chi connectivity index (χ0v) is 11.8. The van der Waals surface area contributed by atoms with E-state index in [2.05, 4.69) is 13.8 Å². The summed E-state index contributed by atoms with van der Waals surface area (Å²) >= 11 is 0. The van der Waals surface area contributed by atoms with Gasteiger partial charge in [-0.25, -0.2) is 4.79 Å². The minimum Gasteiger partial charge on any atom is -0.480 e. The van der Waals surface area contributed by atoms with Crippen molar-refractivity contribution in [2.24, 2.45) is 0 Å². The average molecular weight is 238 g/mol. The molecule has 0 heterocycles. The first-order chi connectivity index (χ1) is 7.77. The van der Waals surface area contributed by atoms with Crippen molar-refractivity contribution in [2.75, 3.05) is 13.2 Å². The Kier molecular flexibility index (Phi) is 27.9. The van der Waals surface area contributed by atoms with Crippen molar-refractivity contribution >= 4 is 5.97 Å². The summed E-state index contributed by atoms with van der Waals surface area (Å²) < 4.78 is 4.92. The standard InChI is InChI=1S/C11H22O3.C2H5.Li/c1-2-3-4-5-6-7-8-9-14-10-11(12)13;1-2;/h2-10H2,1H3,(H,12,13);1H2,2H3;/q;-1;+1. The Morgan fingerprint density at radius 2 is 1.53 bits per heavy atom. The van der Waals surface area contributed by atoms with Gasteiger partial charge in [0.1, 0.15) is 6.61 Å². The van der Waals surface area contributed by atoms with E-state index >= 15 is 0 Å². The van der Waals surface area contributed by atoms with Crippen LogP contribution in [0.15, 0.2) is 0 Å².